The third-order valence-corrected chi connectivity index (χ3v) is 3.41. The third-order valence-electron chi connectivity index (χ3n) is 3.41. The van der Waals surface area contributed by atoms with Crippen LogP contribution in [0.25, 0.3) is 0 Å². The molecule has 0 spiro atoms. The Hall–Kier alpha value is -2.49. The van der Waals surface area contributed by atoms with Gasteiger partial charge in [0.2, 0.25) is 0 Å². The van der Waals surface area contributed by atoms with Crippen LogP contribution in [0, 0.1) is 13.8 Å². The van der Waals surface area contributed by atoms with Crippen LogP contribution in [0.1, 0.15) is 21.5 Å². The van der Waals surface area contributed by atoms with E-state index in [2.05, 4.69) is 5.32 Å². The molecule has 0 atom stereocenters. The zero-order chi connectivity index (χ0) is 15.6. The first-order valence-corrected chi connectivity index (χ1v) is 6.84. The molecule has 4 nitrogen and oxygen atoms in total. The van der Waals surface area contributed by atoms with Crippen molar-refractivity contribution in [3.8, 4) is 0 Å². The molecule has 0 aliphatic carbocycles. The molecule has 1 amide bonds. The van der Waals surface area contributed by atoms with Crippen LogP contribution < -0.4 is 16.0 Å². The van der Waals surface area contributed by atoms with Gasteiger partial charge in [0.05, 0.1) is 11.4 Å². The van der Waals surface area contributed by atoms with Gasteiger partial charge in [0.25, 0.3) is 5.91 Å². The van der Waals surface area contributed by atoms with E-state index in [0.29, 0.717) is 11.3 Å². The van der Waals surface area contributed by atoms with Crippen LogP contribution >= 0.6 is 0 Å². The van der Waals surface area contributed by atoms with Gasteiger partial charge in [-0.2, -0.15) is 0 Å². The van der Waals surface area contributed by atoms with Gasteiger partial charge < -0.3 is 16.0 Å². The molecule has 0 aromatic heterocycles. The van der Waals surface area contributed by atoms with Crippen LogP contribution in [0.15, 0.2) is 36.4 Å². The lowest BCUT2D eigenvalue weighted by molar-refractivity contribution is 0.102. The summed E-state index contributed by atoms with van der Waals surface area (Å²) in [6.45, 7) is 3.97. The van der Waals surface area contributed by atoms with E-state index in [1.165, 1.54) is 0 Å². The number of nitrogens with one attached hydrogen (secondary N) is 1. The van der Waals surface area contributed by atoms with Crippen LogP contribution in [0.3, 0.4) is 0 Å². The van der Waals surface area contributed by atoms with E-state index in [0.717, 1.165) is 22.5 Å². The molecular formula is C17H21N3O. The Labute approximate surface area is 125 Å². The lowest BCUT2D eigenvalue weighted by atomic mass is 10.1. The Balaban J connectivity index is 2.24. The van der Waals surface area contributed by atoms with E-state index in [9.17, 15) is 4.79 Å². The summed E-state index contributed by atoms with van der Waals surface area (Å²) in [7, 11) is 3.84. The Morgan fingerprint density at radius 3 is 2.43 bits per heavy atom. The first-order valence-electron chi connectivity index (χ1n) is 6.84. The number of nitrogen functional groups attached to an aromatic ring is 1. The molecule has 110 valence electrons. The van der Waals surface area contributed by atoms with Crippen molar-refractivity contribution in [1.82, 2.24) is 0 Å². The van der Waals surface area contributed by atoms with Crippen molar-refractivity contribution >= 4 is 23.0 Å². The highest BCUT2D eigenvalue weighted by atomic mass is 16.1. The Bertz CT molecular complexity index is 678. The number of rotatable bonds is 3. The molecule has 21 heavy (non-hydrogen) atoms. The average molecular weight is 283 g/mol. The fourth-order valence-corrected chi connectivity index (χ4v) is 2.17. The number of hydrogen-bond donors (Lipinski definition) is 2. The minimum atomic E-state index is -0.152. The Kier molecular flexibility index (Phi) is 4.17. The van der Waals surface area contributed by atoms with E-state index >= 15 is 0 Å². The minimum absolute atomic E-state index is 0.152. The second-order valence-corrected chi connectivity index (χ2v) is 5.44. The molecule has 0 radical (unpaired) electrons. The fraction of sp³-hybridized carbons (Fsp3) is 0.235. The molecule has 2 aromatic rings. The summed E-state index contributed by atoms with van der Waals surface area (Å²) in [5, 5.41) is 2.94. The molecule has 4 heteroatoms. The summed E-state index contributed by atoms with van der Waals surface area (Å²) in [6, 6.07) is 11.3. The second kappa shape index (κ2) is 5.87. The van der Waals surface area contributed by atoms with Gasteiger partial charge >= 0.3 is 0 Å². The standard InChI is InChI=1S/C17H21N3O/c1-11-5-6-12(2)15(9-11)19-17(21)13-7-8-16(20(3)4)14(18)10-13/h5-10H,18H2,1-4H3,(H,19,21). The monoisotopic (exact) mass is 283 g/mol. The summed E-state index contributed by atoms with van der Waals surface area (Å²) in [6.07, 6.45) is 0. The second-order valence-electron chi connectivity index (χ2n) is 5.44. The number of nitrogens with zero attached hydrogens (tertiary/aromatic N) is 1. The predicted molar refractivity (Wildman–Crippen MR) is 89.1 cm³/mol. The van der Waals surface area contributed by atoms with Gasteiger partial charge in [-0.05, 0) is 49.2 Å². The molecule has 0 bridgehead atoms. The molecule has 0 aliphatic rings. The highest BCUT2D eigenvalue weighted by Crippen LogP contribution is 2.23. The van der Waals surface area contributed by atoms with Crippen molar-refractivity contribution in [2.24, 2.45) is 0 Å². The van der Waals surface area contributed by atoms with Gasteiger partial charge in [0.15, 0.2) is 0 Å². The Morgan fingerprint density at radius 2 is 1.81 bits per heavy atom. The molecule has 0 saturated heterocycles. The molecule has 0 saturated carbocycles. The summed E-state index contributed by atoms with van der Waals surface area (Å²) in [5.41, 5.74) is 11.0. The molecule has 3 N–H and O–H groups in total. The maximum Gasteiger partial charge on any atom is 0.255 e. The smallest absolute Gasteiger partial charge is 0.255 e. The summed E-state index contributed by atoms with van der Waals surface area (Å²) in [5.74, 6) is -0.152. The van der Waals surface area contributed by atoms with E-state index in [1.807, 2.05) is 57.1 Å². The maximum absolute atomic E-state index is 12.3. The van der Waals surface area contributed by atoms with Crippen molar-refractivity contribution in [3.05, 3.63) is 53.1 Å². The van der Waals surface area contributed by atoms with E-state index in [4.69, 9.17) is 5.73 Å². The van der Waals surface area contributed by atoms with Gasteiger partial charge in [-0.3, -0.25) is 4.79 Å². The largest absolute Gasteiger partial charge is 0.397 e. The van der Waals surface area contributed by atoms with Crippen LogP contribution in [0.2, 0.25) is 0 Å². The van der Waals surface area contributed by atoms with Crippen molar-refractivity contribution < 1.29 is 4.79 Å². The van der Waals surface area contributed by atoms with Crippen molar-refractivity contribution in [3.63, 3.8) is 0 Å². The predicted octanol–water partition coefficient (Wildman–Crippen LogP) is 3.20. The van der Waals surface area contributed by atoms with E-state index in [1.54, 1.807) is 12.1 Å². The minimum Gasteiger partial charge on any atom is -0.397 e. The van der Waals surface area contributed by atoms with Crippen LogP contribution in [0.5, 0.6) is 0 Å². The number of anilines is 3. The molecule has 0 heterocycles. The summed E-state index contributed by atoms with van der Waals surface area (Å²) >= 11 is 0. The highest BCUT2D eigenvalue weighted by Gasteiger charge is 2.10. The topological polar surface area (TPSA) is 58.4 Å². The number of carbonyl (C=O) groups excluding carboxylic acids is 1. The third kappa shape index (κ3) is 3.34. The normalized spacial score (nSPS) is 10.3. The summed E-state index contributed by atoms with van der Waals surface area (Å²) < 4.78 is 0. The maximum atomic E-state index is 12.3. The Morgan fingerprint density at radius 1 is 1.10 bits per heavy atom. The first-order chi connectivity index (χ1) is 9.88. The number of carbonyl (C=O) groups is 1. The number of amides is 1. The lowest BCUT2D eigenvalue weighted by Gasteiger charge is -2.16. The average Bonchev–Trinajstić information content (AvgIpc) is 2.42. The van der Waals surface area contributed by atoms with Crippen LogP contribution in [0.4, 0.5) is 17.1 Å². The number of nitrogens with two attached hydrogens (primary N) is 1. The van der Waals surface area contributed by atoms with Crippen LogP contribution in [-0.2, 0) is 0 Å². The fourth-order valence-electron chi connectivity index (χ4n) is 2.17. The van der Waals surface area contributed by atoms with Crippen LogP contribution in [-0.4, -0.2) is 20.0 Å². The lowest BCUT2D eigenvalue weighted by Crippen LogP contribution is -2.15. The van der Waals surface area contributed by atoms with Gasteiger partial charge in [-0.1, -0.05) is 12.1 Å². The van der Waals surface area contributed by atoms with E-state index in [-0.39, 0.29) is 5.91 Å². The molecule has 0 fully saturated rings. The quantitative estimate of drug-likeness (QED) is 0.850. The molecule has 2 aromatic carbocycles. The number of hydrogen-bond acceptors (Lipinski definition) is 3. The van der Waals surface area contributed by atoms with Crippen molar-refractivity contribution in [2.75, 3.05) is 30.0 Å². The van der Waals surface area contributed by atoms with E-state index < -0.39 is 0 Å². The molecule has 0 aliphatic heterocycles. The molecular weight excluding hydrogens is 262 g/mol. The SMILES string of the molecule is Cc1ccc(C)c(NC(=O)c2ccc(N(C)C)c(N)c2)c1. The molecule has 2 rings (SSSR count). The van der Waals surface area contributed by atoms with Gasteiger partial charge in [-0.15, -0.1) is 0 Å². The number of benzene rings is 2. The zero-order valence-corrected chi connectivity index (χ0v) is 12.9. The summed E-state index contributed by atoms with van der Waals surface area (Å²) in [4.78, 5) is 14.2. The first kappa shape index (κ1) is 14.9. The number of aryl methyl sites for hydroxylation is 2. The highest BCUT2D eigenvalue weighted by molar-refractivity contribution is 6.05. The zero-order valence-electron chi connectivity index (χ0n) is 12.9. The van der Waals surface area contributed by atoms with Gasteiger partial charge in [-0.25, -0.2) is 0 Å². The van der Waals surface area contributed by atoms with Gasteiger partial charge in [0.1, 0.15) is 0 Å². The molecule has 0 unspecified atom stereocenters. The van der Waals surface area contributed by atoms with Crippen molar-refractivity contribution in [1.29, 1.82) is 0 Å². The van der Waals surface area contributed by atoms with Gasteiger partial charge in [0, 0.05) is 25.3 Å². The van der Waals surface area contributed by atoms with Crippen molar-refractivity contribution in [2.45, 2.75) is 13.8 Å².